The van der Waals surface area contributed by atoms with E-state index in [-0.39, 0.29) is 0 Å². The average Bonchev–Trinajstić information content (AvgIpc) is 2.85. The largest absolute Gasteiger partial charge is 0.361 e. The number of benzene rings is 1. The topological polar surface area (TPSA) is 48.2 Å². The molecule has 1 aliphatic heterocycles. The van der Waals surface area contributed by atoms with Gasteiger partial charge >= 0.3 is 0 Å². The van der Waals surface area contributed by atoms with Crippen molar-refractivity contribution in [3.63, 3.8) is 0 Å². The van der Waals surface area contributed by atoms with Gasteiger partial charge in [0.05, 0.1) is 18.2 Å². The van der Waals surface area contributed by atoms with E-state index in [1.54, 1.807) is 11.8 Å². The molecule has 0 radical (unpaired) electrons. The lowest BCUT2D eigenvalue weighted by Crippen LogP contribution is -2.25. The monoisotopic (exact) mass is 245 g/mol. The van der Waals surface area contributed by atoms with E-state index in [1.807, 2.05) is 24.3 Å². The van der Waals surface area contributed by atoms with Crippen LogP contribution < -0.4 is 5.32 Å². The molecule has 17 heavy (non-hydrogen) atoms. The van der Waals surface area contributed by atoms with E-state index in [4.69, 9.17) is 5.26 Å². The lowest BCUT2D eigenvalue weighted by Gasteiger charge is -2.04. The first kappa shape index (κ1) is 12.0. The Morgan fingerprint density at radius 3 is 2.82 bits per heavy atom. The molecule has 0 amide bonds. The van der Waals surface area contributed by atoms with Gasteiger partial charge in [-0.1, -0.05) is 30.8 Å². The van der Waals surface area contributed by atoms with Crippen molar-refractivity contribution in [3.8, 4) is 6.07 Å². The summed E-state index contributed by atoms with van der Waals surface area (Å²) >= 11 is 1.79. The zero-order valence-corrected chi connectivity index (χ0v) is 10.6. The smallest absolute Gasteiger partial charge is 0.157 e. The van der Waals surface area contributed by atoms with Crippen LogP contribution in [0.5, 0.6) is 0 Å². The fourth-order valence-electron chi connectivity index (χ4n) is 1.60. The van der Waals surface area contributed by atoms with Gasteiger partial charge < -0.3 is 5.32 Å². The highest BCUT2D eigenvalue weighted by atomic mass is 32.2. The SMILES string of the molecule is CCC1CSC(=NCc2ccc(C#N)cc2)N1. The highest BCUT2D eigenvalue weighted by Crippen LogP contribution is 2.16. The second-order valence-corrected chi connectivity index (χ2v) is 5.00. The van der Waals surface area contributed by atoms with Gasteiger partial charge in [-0.3, -0.25) is 4.99 Å². The summed E-state index contributed by atoms with van der Waals surface area (Å²) in [5.41, 5.74) is 1.83. The summed E-state index contributed by atoms with van der Waals surface area (Å²) < 4.78 is 0. The van der Waals surface area contributed by atoms with Crippen molar-refractivity contribution in [3.05, 3.63) is 35.4 Å². The number of nitrogens with zero attached hydrogens (tertiary/aromatic N) is 2. The Morgan fingerprint density at radius 2 is 2.24 bits per heavy atom. The Bertz CT molecular complexity index is 445. The Morgan fingerprint density at radius 1 is 1.47 bits per heavy atom. The Kier molecular flexibility index (Phi) is 4.05. The molecule has 1 fully saturated rings. The van der Waals surface area contributed by atoms with Crippen molar-refractivity contribution in [2.75, 3.05) is 5.75 Å². The predicted octanol–water partition coefficient (Wildman–Crippen LogP) is 2.53. The maximum atomic E-state index is 8.70. The van der Waals surface area contributed by atoms with Crippen molar-refractivity contribution in [2.45, 2.75) is 25.9 Å². The molecule has 0 saturated carbocycles. The van der Waals surface area contributed by atoms with Crippen LogP contribution in [0.25, 0.3) is 0 Å². The van der Waals surface area contributed by atoms with Crippen LogP contribution in [0.2, 0.25) is 0 Å². The van der Waals surface area contributed by atoms with Crippen molar-refractivity contribution < 1.29 is 0 Å². The first-order chi connectivity index (χ1) is 8.31. The van der Waals surface area contributed by atoms with Gasteiger partial charge in [0.1, 0.15) is 0 Å². The van der Waals surface area contributed by atoms with Crippen LogP contribution in [0, 0.1) is 11.3 Å². The number of nitriles is 1. The molecule has 1 N–H and O–H groups in total. The molecule has 1 aromatic carbocycles. The summed E-state index contributed by atoms with van der Waals surface area (Å²) in [6.45, 7) is 2.86. The Hall–Kier alpha value is -1.47. The molecule has 1 aliphatic rings. The number of hydrogen-bond donors (Lipinski definition) is 1. The molecule has 1 aromatic rings. The number of hydrogen-bond acceptors (Lipinski definition) is 3. The Balaban J connectivity index is 1.93. The number of thioether (sulfide) groups is 1. The van der Waals surface area contributed by atoms with E-state index < -0.39 is 0 Å². The Labute approximate surface area is 106 Å². The number of nitrogens with one attached hydrogen (secondary N) is 1. The van der Waals surface area contributed by atoms with Crippen LogP contribution in [-0.2, 0) is 6.54 Å². The zero-order valence-electron chi connectivity index (χ0n) is 9.81. The molecular formula is C13H15N3S. The van der Waals surface area contributed by atoms with Crippen molar-refractivity contribution in [1.29, 1.82) is 5.26 Å². The quantitative estimate of drug-likeness (QED) is 0.890. The van der Waals surface area contributed by atoms with E-state index in [2.05, 4.69) is 23.3 Å². The van der Waals surface area contributed by atoms with Gasteiger partial charge in [0.25, 0.3) is 0 Å². The molecule has 0 spiro atoms. The maximum Gasteiger partial charge on any atom is 0.157 e. The fourth-order valence-corrected chi connectivity index (χ4v) is 2.68. The molecule has 0 bridgehead atoms. The highest BCUT2D eigenvalue weighted by molar-refractivity contribution is 8.14. The molecule has 0 aromatic heterocycles. The minimum absolute atomic E-state index is 0.569. The standard InChI is InChI=1S/C13H15N3S/c1-2-12-9-17-13(16-12)15-8-11-5-3-10(7-14)4-6-11/h3-6,12H,2,8-9H2,1H3,(H,15,16). The summed E-state index contributed by atoms with van der Waals surface area (Å²) in [5, 5.41) is 13.1. The van der Waals surface area contributed by atoms with E-state index in [1.165, 1.54) is 0 Å². The second kappa shape index (κ2) is 5.74. The molecule has 4 heteroatoms. The van der Waals surface area contributed by atoms with Crippen LogP contribution in [0.15, 0.2) is 29.3 Å². The normalized spacial score (nSPS) is 21.2. The minimum Gasteiger partial charge on any atom is -0.361 e. The third-order valence-corrected chi connectivity index (χ3v) is 3.82. The summed E-state index contributed by atoms with van der Waals surface area (Å²) in [4.78, 5) is 4.53. The van der Waals surface area contributed by atoms with Gasteiger partial charge in [-0.2, -0.15) is 5.26 Å². The lowest BCUT2D eigenvalue weighted by atomic mass is 10.1. The summed E-state index contributed by atoms with van der Waals surface area (Å²) in [5.74, 6) is 1.11. The van der Waals surface area contributed by atoms with E-state index in [0.717, 1.165) is 22.9 Å². The molecule has 0 aliphatic carbocycles. The predicted molar refractivity (Wildman–Crippen MR) is 72.0 cm³/mol. The van der Waals surface area contributed by atoms with Crippen molar-refractivity contribution in [1.82, 2.24) is 5.32 Å². The third-order valence-electron chi connectivity index (χ3n) is 2.73. The molecule has 3 nitrogen and oxygen atoms in total. The number of amidine groups is 1. The van der Waals surface area contributed by atoms with Crippen LogP contribution in [0.3, 0.4) is 0 Å². The van der Waals surface area contributed by atoms with E-state index >= 15 is 0 Å². The second-order valence-electron chi connectivity index (χ2n) is 3.99. The molecule has 2 rings (SSSR count). The highest BCUT2D eigenvalue weighted by Gasteiger charge is 2.17. The average molecular weight is 245 g/mol. The van der Waals surface area contributed by atoms with E-state index in [0.29, 0.717) is 18.2 Å². The summed E-state index contributed by atoms with van der Waals surface area (Å²) in [6.07, 6.45) is 1.14. The molecule has 88 valence electrons. The maximum absolute atomic E-state index is 8.70. The molecule has 1 saturated heterocycles. The van der Waals surface area contributed by atoms with Crippen molar-refractivity contribution >= 4 is 16.9 Å². The minimum atomic E-state index is 0.569. The first-order valence-electron chi connectivity index (χ1n) is 5.74. The zero-order chi connectivity index (χ0) is 12.1. The fraction of sp³-hybridized carbons (Fsp3) is 0.385. The number of rotatable bonds is 3. The summed E-state index contributed by atoms with van der Waals surface area (Å²) in [7, 11) is 0. The van der Waals surface area contributed by atoms with Gasteiger partial charge in [-0.15, -0.1) is 0 Å². The van der Waals surface area contributed by atoms with Crippen molar-refractivity contribution in [2.24, 2.45) is 4.99 Å². The lowest BCUT2D eigenvalue weighted by molar-refractivity contribution is 0.667. The van der Waals surface area contributed by atoms with Crippen LogP contribution in [0.1, 0.15) is 24.5 Å². The van der Waals surface area contributed by atoms with Crippen LogP contribution in [-0.4, -0.2) is 17.0 Å². The third kappa shape index (κ3) is 3.24. The summed E-state index contributed by atoms with van der Waals surface area (Å²) in [6, 6.07) is 10.3. The van der Waals surface area contributed by atoms with Gasteiger partial charge in [-0.05, 0) is 24.1 Å². The van der Waals surface area contributed by atoms with E-state index in [9.17, 15) is 0 Å². The van der Waals surface area contributed by atoms with Gasteiger partial charge in [0, 0.05) is 11.8 Å². The molecule has 1 unspecified atom stereocenters. The van der Waals surface area contributed by atoms with Crippen LogP contribution in [0.4, 0.5) is 0 Å². The number of aliphatic imine (C=N–C) groups is 1. The van der Waals surface area contributed by atoms with Gasteiger partial charge in [0.15, 0.2) is 5.17 Å². The molecular weight excluding hydrogens is 230 g/mol. The molecule has 1 heterocycles. The first-order valence-corrected chi connectivity index (χ1v) is 6.73. The van der Waals surface area contributed by atoms with Crippen LogP contribution >= 0.6 is 11.8 Å². The van der Waals surface area contributed by atoms with Gasteiger partial charge in [0.2, 0.25) is 0 Å². The molecule has 1 atom stereocenters. The van der Waals surface area contributed by atoms with Gasteiger partial charge in [-0.25, -0.2) is 0 Å².